The third-order valence-electron chi connectivity index (χ3n) is 16.8. The topological polar surface area (TPSA) is 111 Å². The van der Waals surface area contributed by atoms with E-state index in [1.807, 2.05) is 21.1 Å². The van der Waals surface area contributed by atoms with Gasteiger partial charge in [-0.15, -0.1) is 0 Å². The minimum absolute atomic E-state index is 0.153. The predicted molar refractivity (Wildman–Crippen MR) is 348 cm³/mol. The monoisotopic (exact) mass is 1160 g/mol. The first-order chi connectivity index (χ1) is 40.1. The molecule has 0 saturated heterocycles. The number of aliphatic carboxylic acids is 1. The standard InChI is InChI=1S/C73H141NO8/c1-6-8-10-12-14-16-18-20-22-24-26-27-28-29-30-31-32-33-34-35-36-37-38-39-40-41-42-43-44-45-46-48-50-52-54-56-58-60-62-64-71(76)82-69(68-81-73(72(77)78)79-66-65-74(3,4)5)67-80-70(75)63-61-59-57-55-53-51-49-47-25-23-21-19-17-15-13-11-9-7-2/h24,26,69,73H,6-23,25,27-68H2,1-5H3/b26-24-. The molecule has 0 aromatic rings. The molecule has 0 amide bonds. The number of allylic oxidation sites excluding steroid dienone is 2. The first-order valence-corrected chi connectivity index (χ1v) is 36.3. The number of hydrogen-bond donors (Lipinski definition) is 0. The number of carbonyl (C=O) groups excluding carboxylic acids is 3. The second-order valence-electron chi connectivity index (χ2n) is 26.2. The molecule has 0 N–H and O–H groups in total. The summed E-state index contributed by atoms with van der Waals surface area (Å²) in [5, 5.41) is 11.8. The molecule has 9 heteroatoms. The van der Waals surface area contributed by atoms with Crippen LogP contribution in [0.1, 0.15) is 380 Å². The lowest BCUT2D eigenvalue weighted by Gasteiger charge is -2.26. The summed E-state index contributed by atoms with van der Waals surface area (Å²) in [4.78, 5) is 37.4. The molecule has 9 nitrogen and oxygen atoms in total. The molecule has 2 atom stereocenters. The summed E-state index contributed by atoms with van der Waals surface area (Å²) in [6.45, 7) is 4.83. The molecular weight excluding hydrogens is 1020 g/mol. The van der Waals surface area contributed by atoms with Crippen LogP contribution in [-0.2, 0) is 33.3 Å². The van der Waals surface area contributed by atoms with E-state index >= 15 is 0 Å². The van der Waals surface area contributed by atoms with Crippen LogP contribution in [0.4, 0.5) is 0 Å². The van der Waals surface area contributed by atoms with E-state index in [-0.39, 0.29) is 32.2 Å². The minimum Gasteiger partial charge on any atom is -0.545 e. The maximum atomic E-state index is 12.9. The van der Waals surface area contributed by atoms with E-state index in [4.69, 9.17) is 18.9 Å². The van der Waals surface area contributed by atoms with E-state index in [9.17, 15) is 19.5 Å². The molecular formula is C73H141NO8. The summed E-state index contributed by atoms with van der Waals surface area (Å²) in [6.07, 6.45) is 76.1. The van der Waals surface area contributed by atoms with Crippen LogP contribution in [0, 0.1) is 0 Å². The predicted octanol–water partition coefficient (Wildman–Crippen LogP) is 21.1. The van der Waals surface area contributed by atoms with E-state index in [0.717, 1.165) is 38.5 Å². The van der Waals surface area contributed by atoms with Crippen molar-refractivity contribution < 1.29 is 42.9 Å². The summed E-state index contributed by atoms with van der Waals surface area (Å²) in [6, 6.07) is 0. The average molecular weight is 1160 g/mol. The van der Waals surface area contributed by atoms with Crippen molar-refractivity contribution in [1.29, 1.82) is 0 Å². The maximum absolute atomic E-state index is 12.9. The Bertz CT molecular complexity index is 1350. The van der Waals surface area contributed by atoms with Crippen LogP contribution in [0.25, 0.3) is 0 Å². The van der Waals surface area contributed by atoms with Gasteiger partial charge in [0, 0.05) is 12.8 Å². The van der Waals surface area contributed by atoms with Crippen molar-refractivity contribution in [2.75, 3.05) is 47.5 Å². The largest absolute Gasteiger partial charge is 0.545 e. The lowest BCUT2D eigenvalue weighted by Crippen LogP contribution is -2.44. The van der Waals surface area contributed by atoms with Gasteiger partial charge in [-0.05, 0) is 38.5 Å². The van der Waals surface area contributed by atoms with E-state index in [1.165, 1.54) is 315 Å². The van der Waals surface area contributed by atoms with Crippen molar-refractivity contribution in [2.24, 2.45) is 0 Å². The molecule has 2 unspecified atom stereocenters. The second-order valence-corrected chi connectivity index (χ2v) is 26.2. The number of carboxylic acid groups (broad SMARTS) is 1. The van der Waals surface area contributed by atoms with E-state index in [0.29, 0.717) is 17.4 Å². The number of carbonyl (C=O) groups is 3. The Balaban J connectivity index is 3.92. The number of rotatable bonds is 69. The van der Waals surface area contributed by atoms with Crippen LogP contribution < -0.4 is 5.11 Å². The quantitative estimate of drug-likeness (QED) is 0.0195. The molecule has 0 heterocycles. The zero-order valence-electron chi connectivity index (χ0n) is 55.7. The number of esters is 2. The van der Waals surface area contributed by atoms with Crippen LogP contribution in [0.2, 0.25) is 0 Å². The summed E-state index contributed by atoms with van der Waals surface area (Å²) in [5.74, 6) is -2.25. The Hall–Kier alpha value is -1.97. The number of ether oxygens (including phenoxy) is 4. The van der Waals surface area contributed by atoms with Gasteiger partial charge in [-0.3, -0.25) is 9.59 Å². The Morgan fingerprint density at radius 1 is 0.354 bits per heavy atom. The van der Waals surface area contributed by atoms with E-state index in [2.05, 4.69) is 26.0 Å². The normalized spacial score (nSPS) is 12.6. The molecule has 82 heavy (non-hydrogen) atoms. The fraction of sp³-hybridized carbons (Fsp3) is 0.932. The molecule has 0 aromatic carbocycles. The van der Waals surface area contributed by atoms with Gasteiger partial charge < -0.3 is 33.3 Å². The molecule has 0 aromatic heterocycles. The zero-order valence-corrected chi connectivity index (χ0v) is 55.7. The minimum atomic E-state index is -1.62. The van der Waals surface area contributed by atoms with E-state index < -0.39 is 24.3 Å². The van der Waals surface area contributed by atoms with Gasteiger partial charge in [0.15, 0.2) is 12.4 Å². The molecule has 0 aliphatic rings. The van der Waals surface area contributed by atoms with Gasteiger partial charge in [0.25, 0.3) is 0 Å². The van der Waals surface area contributed by atoms with Gasteiger partial charge >= 0.3 is 11.9 Å². The molecule has 0 bridgehead atoms. The lowest BCUT2D eigenvalue weighted by molar-refractivity contribution is -0.870. The molecule has 0 saturated carbocycles. The van der Waals surface area contributed by atoms with E-state index in [1.54, 1.807) is 0 Å². The number of likely N-dealkylation sites (N-methyl/N-ethyl adjacent to an activating group) is 1. The van der Waals surface area contributed by atoms with Gasteiger partial charge in [0.1, 0.15) is 13.2 Å². The summed E-state index contributed by atoms with van der Waals surface area (Å²) in [7, 11) is 5.95. The van der Waals surface area contributed by atoms with Crippen LogP contribution in [-0.4, -0.2) is 82.3 Å². The number of hydrogen-bond acceptors (Lipinski definition) is 8. The number of unbranched alkanes of at least 4 members (excludes halogenated alkanes) is 52. The summed E-state index contributed by atoms with van der Waals surface area (Å²) >= 11 is 0. The van der Waals surface area contributed by atoms with Crippen LogP contribution >= 0.6 is 0 Å². The highest BCUT2D eigenvalue weighted by Crippen LogP contribution is 2.19. The third kappa shape index (κ3) is 65.6. The van der Waals surface area contributed by atoms with Crippen molar-refractivity contribution in [1.82, 2.24) is 0 Å². The Morgan fingerprint density at radius 2 is 0.622 bits per heavy atom. The molecule has 0 aliphatic heterocycles. The molecule has 0 spiro atoms. The highest BCUT2D eigenvalue weighted by molar-refractivity contribution is 5.70. The van der Waals surface area contributed by atoms with Crippen molar-refractivity contribution in [3.05, 3.63) is 12.2 Å². The number of nitrogens with zero attached hydrogens (tertiary/aromatic N) is 1. The molecule has 0 aliphatic carbocycles. The molecule has 0 rings (SSSR count). The highest BCUT2D eigenvalue weighted by Gasteiger charge is 2.22. The van der Waals surface area contributed by atoms with Gasteiger partial charge in [0.2, 0.25) is 0 Å². The van der Waals surface area contributed by atoms with Gasteiger partial charge in [0.05, 0.1) is 40.3 Å². The molecule has 486 valence electrons. The fourth-order valence-electron chi connectivity index (χ4n) is 11.2. The Labute approximate surface area is 510 Å². The molecule has 0 radical (unpaired) electrons. The van der Waals surface area contributed by atoms with Crippen LogP contribution in [0.3, 0.4) is 0 Å². The fourth-order valence-corrected chi connectivity index (χ4v) is 11.2. The first kappa shape index (κ1) is 80.0. The zero-order chi connectivity index (χ0) is 59.8. The first-order valence-electron chi connectivity index (χ1n) is 36.3. The second kappa shape index (κ2) is 65.0. The van der Waals surface area contributed by atoms with Crippen LogP contribution in [0.5, 0.6) is 0 Å². The van der Waals surface area contributed by atoms with Gasteiger partial charge in [-0.25, -0.2) is 0 Å². The number of carboxylic acids is 1. The summed E-state index contributed by atoms with van der Waals surface area (Å²) < 4.78 is 22.8. The average Bonchev–Trinajstić information content (AvgIpc) is 3.45. The Morgan fingerprint density at radius 3 is 0.902 bits per heavy atom. The van der Waals surface area contributed by atoms with Crippen molar-refractivity contribution >= 4 is 17.9 Å². The lowest BCUT2D eigenvalue weighted by atomic mass is 10.0. The smallest absolute Gasteiger partial charge is 0.306 e. The Kier molecular flexibility index (Phi) is 63.5. The maximum Gasteiger partial charge on any atom is 0.306 e. The third-order valence-corrected chi connectivity index (χ3v) is 16.8. The number of quaternary nitrogens is 1. The molecule has 0 fully saturated rings. The van der Waals surface area contributed by atoms with Gasteiger partial charge in [-0.2, -0.15) is 0 Å². The highest BCUT2D eigenvalue weighted by atomic mass is 16.7. The summed E-state index contributed by atoms with van der Waals surface area (Å²) in [5.41, 5.74) is 0. The van der Waals surface area contributed by atoms with Crippen molar-refractivity contribution in [3.63, 3.8) is 0 Å². The van der Waals surface area contributed by atoms with Crippen molar-refractivity contribution in [3.8, 4) is 0 Å². The van der Waals surface area contributed by atoms with Gasteiger partial charge in [-0.1, -0.05) is 341 Å². The SMILES string of the molecule is CCCCCCCCCC/C=C\CCCCCCCCCCCCCCCCCCCCCCCCCCCCCC(=O)OC(COC(=O)CCCCCCCCCCCCCCCCCCCC)COC(OCC[N+](C)(C)C)C(=O)[O-]. The van der Waals surface area contributed by atoms with Crippen molar-refractivity contribution in [2.45, 2.75) is 392 Å². The van der Waals surface area contributed by atoms with Crippen LogP contribution in [0.15, 0.2) is 12.2 Å².